The molecule has 0 fully saturated rings. The Morgan fingerprint density at radius 2 is 2.21 bits per heavy atom. The van der Waals surface area contributed by atoms with Crippen molar-refractivity contribution in [3.05, 3.63) is 29.5 Å². The summed E-state index contributed by atoms with van der Waals surface area (Å²) < 4.78 is 22.9. The smallest absolute Gasteiger partial charge is 0.767 e. The number of hydrogen-bond acceptors (Lipinski definition) is 3. The number of aromatic nitrogens is 2. The van der Waals surface area contributed by atoms with Crippen molar-refractivity contribution in [2.75, 3.05) is 0 Å². The molecule has 0 aliphatic heterocycles. The van der Waals surface area contributed by atoms with Gasteiger partial charge < -0.3 is 4.55 Å². The van der Waals surface area contributed by atoms with Gasteiger partial charge in [-0.05, 0) is 23.2 Å². The van der Waals surface area contributed by atoms with E-state index in [2.05, 4.69) is 4.98 Å². The molecule has 0 saturated heterocycles. The van der Waals surface area contributed by atoms with Crippen LogP contribution in [0, 0.1) is 0 Å². The molecule has 2 aromatic heterocycles. The van der Waals surface area contributed by atoms with Crippen molar-refractivity contribution in [2.24, 2.45) is 0 Å². The Balaban J connectivity index is 0.000000980. The molecule has 0 amide bonds. The van der Waals surface area contributed by atoms with E-state index >= 15 is 0 Å². The van der Waals surface area contributed by atoms with Gasteiger partial charge in [0.1, 0.15) is 10.7 Å². The van der Waals surface area contributed by atoms with Crippen molar-refractivity contribution in [3.8, 4) is 0 Å². The fourth-order valence-corrected chi connectivity index (χ4v) is 1.96. The molecule has 0 radical (unpaired) electrons. The van der Waals surface area contributed by atoms with Crippen LogP contribution in [-0.4, -0.2) is 18.1 Å². The second-order valence-corrected chi connectivity index (χ2v) is 3.59. The molecule has 0 aromatic carbocycles. The molecule has 0 spiro atoms. The van der Waals surface area contributed by atoms with Crippen LogP contribution in [0.15, 0.2) is 29.4 Å². The van der Waals surface area contributed by atoms with Crippen LogP contribution in [0.5, 0.6) is 0 Å². The van der Waals surface area contributed by atoms with Crippen LogP contribution in [0.25, 0.3) is 5.65 Å². The summed E-state index contributed by atoms with van der Waals surface area (Å²) in [5.41, 5.74) is 0.520. The summed E-state index contributed by atoms with van der Waals surface area (Å²) in [6.07, 6.45) is 1.60. The maximum absolute atomic E-state index is 10.8. The number of imidazole rings is 1. The topological polar surface area (TPSA) is 57.4 Å². The standard InChI is InChI=1S/C7H5ClN2O2S.Na/c8-6-7(13(11)12)10-4-2-1-3-5(10)9-6;/h1-4H,(H,11,12);/q;+1/p-1. The third-order valence-electron chi connectivity index (χ3n) is 1.60. The van der Waals surface area contributed by atoms with Crippen LogP contribution in [0.4, 0.5) is 0 Å². The number of fused-ring (bicyclic) bond motifs is 1. The van der Waals surface area contributed by atoms with Gasteiger partial charge >= 0.3 is 29.6 Å². The Kier molecular flexibility index (Phi) is 4.12. The molecule has 0 bridgehead atoms. The number of nitrogens with zero attached hydrogens (tertiary/aromatic N) is 2. The van der Waals surface area contributed by atoms with E-state index in [9.17, 15) is 8.76 Å². The number of hydrogen-bond donors (Lipinski definition) is 0. The minimum absolute atomic E-state index is 0. The van der Waals surface area contributed by atoms with Gasteiger partial charge in [-0.1, -0.05) is 17.7 Å². The summed E-state index contributed by atoms with van der Waals surface area (Å²) in [4.78, 5) is 3.87. The summed E-state index contributed by atoms with van der Waals surface area (Å²) in [6.45, 7) is 0. The molecule has 0 saturated carbocycles. The molecule has 2 rings (SSSR count). The molecule has 7 heteroatoms. The summed E-state index contributed by atoms with van der Waals surface area (Å²) in [5.74, 6) is 0. The van der Waals surface area contributed by atoms with Crippen molar-refractivity contribution in [1.29, 1.82) is 0 Å². The fraction of sp³-hybridized carbons (Fsp3) is 0. The van der Waals surface area contributed by atoms with Gasteiger partial charge in [-0.3, -0.25) is 8.61 Å². The molecule has 2 heterocycles. The van der Waals surface area contributed by atoms with Gasteiger partial charge in [-0.2, -0.15) is 0 Å². The first kappa shape index (κ1) is 12.2. The van der Waals surface area contributed by atoms with Gasteiger partial charge in [-0.25, -0.2) is 4.98 Å². The fourth-order valence-electron chi connectivity index (χ4n) is 1.09. The molecule has 2 aromatic rings. The van der Waals surface area contributed by atoms with Crippen LogP contribution in [0.3, 0.4) is 0 Å². The zero-order valence-corrected chi connectivity index (χ0v) is 10.9. The van der Waals surface area contributed by atoms with Crippen LogP contribution in [-0.2, 0) is 11.1 Å². The van der Waals surface area contributed by atoms with Crippen molar-refractivity contribution in [1.82, 2.24) is 9.38 Å². The maximum atomic E-state index is 10.8. The van der Waals surface area contributed by atoms with Crippen molar-refractivity contribution in [3.63, 3.8) is 0 Å². The molecule has 68 valence electrons. The molecule has 0 N–H and O–H groups in total. The maximum Gasteiger partial charge on any atom is 1.00 e. The molecular weight excluding hydrogens is 235 g/mol. The Morgan fingerprint density at radius 1 is 1.50 bits per heavy atom. The third-order valence-corrected chi connectivity index (χ3v) is 2.69. The van der Waals surface area contributed by atoms with Crippen molar-refractivity contribution >= 4 is 28.3 Å². The van der Waals surface area contributed by atoms with E-state index in [1.165, 1.54) is 4.40 Å². The Morgan fingerprint density at radius 3 is 2.86 bits per heavy atom. The van der Waals surface area contributed by atoms with E-state index in [-0.39, 0.29) is 39.7 Å². The van der Waals surface area contributed by atoms with E-state index in [0.717, 1.165) is 0 Å². The first-order valence-electron chi connectivity index (χ1n) is 3.42. The quantitative estimate of drug-likeness (QED) is 0.437. The largest absolute Gasteiger partial charge is 1.00 e. The summed E-state index contributed by atoms with van der Waals surface area (Å²) in [5, 5.41) is -0.00296. The summed E-state index contributed by atoms with van der Waals surface area (Å²) >= 11 is 3.27. The summed E-state index contributed by atoms with van der Waals surface area (Å²) in [7, 11) is 0. The predicted octanol–water partition coefficient (Wildman–Crippen LogP) is -1.77. The normalized spacial score (nSPS) is 12.4. The molecule has 14 heavy (non-hydrogen) atoms. The average molecular weight is 239 g/mol. The number of pyridine rings is 1. The van der Waals surface area contributed by atoms with Gasteiger partial charge in [0, 0.05) is 6.20 Å². The van der Waals surface area contributed by atoms with E-state index in [0.29, 0.717) is 5.65 Å². The SMILES string of the molecule is O=S([O-])c1c(Cl)nc2ccccn12.[Na+]. The first-order valence-corrected chi connectivity index (χ1v) is 4.87. The van der Waals surface area contributed by atoms with Gasteiger partial charge in [0.2, 0.25) is 0 Å². The average Bonchev–Trinajstić information content (AvgIpc) is 2.39. The summed E-state index contributed by atoms with van der Waals surface area (Å²) in [6, 6.07) is 5.15. The molecule has 0 aliphatic rings. The zero-order chi connectivity index (χ0) is 9.42. The van der Waals surface area contributed by atoms with Crippen molar-refractivity contribution in [2.45, 2.75) is 5.03 Å². The van der Waals surface area contributed by atoms with Crippen LogP contribution in [0.1, 0.15) is 0 Å². The van der Waals surface area contributed by atoms with Crippen LogP contribution in [0.2, 0.25) is 5.15 Å². The number of rotatable bonds is 1. The Hall–Kier alpha value is 0.0900. The second-order valence-electron chi connectivity index (χ2n) is 2.37. The monoisotopic (exact) mass is 238 g/mol. The minimum atomic E-state index is -2.37. The van der Waals surface area contributed by atoms with E-state index < -0.39 is 11.1 Å². The third kappa shape index (κ3) is 2.03. The second kappa shape index (κ2) is 4.74. The van der Waals surface area contributed by atoms with E-state index in [1.807, 2.05) is 0 Å². The zero-order valence-electron chi connectivity index (χ0n) is 7.31. The van der Waals surface area contributed by atoms with Gasteiger partial charge in [0.05, 0.1) is 0 Å². The predicted molar refractivity (Wildman–Crippen MR) is 47.4 cm³/mol. The molecule has 0 aliphatic carbocycles. The van der Waals surface area contributed by atoms with Gasteiger partial charge in [0.15, 0.2) is 5.15 Å². The molecule has 1 unspecified atom stereocenters. The van der Waals surface area contributed by atoms with Crippen LogP contribution < -0.4 is 29.6 Å². The molecule has 4 nitrogen and oxygen atoms in total. The van der Waals surface area contributed by atoms with Crippen LogP contribution >= 0.6 is 11.6 Å². The van der Waals surface area contributed by atoms with Crippen molar-refractivity contribution < 1.29 is 38.3 Å². The van der Waals surface area contributed by atoms with Gasteiger partial charge in [0.25, 0.3) is 0 Å². The molecular formula is C7H4ClN2NaO2S. The van der Waals surface area contributed by atoms with E-state index in [4.69, 9.17) is 11.6 Å². The number of halogens is 1. The molecule has 1 atom stereocenters. The Labute approximate surface area is 110 Å². The van der Waals surface area contributed by atoms with E-state index in [1.54, 1.807) is 24.4 Å². The minimum Gasteiger partial charge on any atom is -0.767 e. The first-order chi connectivity index (χ1) is 6.20. The Bertz CT molecular complexity index is 487. The van der Waals surface area contributed by atoms with Gasteiger partial charge in [-0.15, -0.1) is 0 Å².